The summed E-state index contributed by atoms with van der Waals surface area (Å²) in [6.07, 6.45) is 1.87. The Bertz CT molecular complexity index is 840. The van der Waals surface area contributed by atoms with Crippen LogP contribution in [0.4, 0.5) is 0 Å². The van der Waals surface area contributed by atoms with Crippen molar-refractivity contribution < 1.29 is 4.42 Å². The molecule has 0 radical (unpaired) electrons. The van der Waals surface area contributed by atoms with Gasteiger partial charge in [0, 0.05) is 21.1 Å². The lowest BCUT2D eigenvalue weighted by molar-refractivity contribution is 0.290. The number of benzene rings is 2. The highest BCUT2D eigenvalue weighted by Gasteiger charge is 2.28. The third kappa shape index (κ3) is 4.09. The van der Waals surface area contributed by atoms with Crippen LogP contribution in [-0.4, -0.2) is 10.2 Å². The van der Waals surface area contributed by atoms with Crippen LogP contribution in [0.2, 0.25) is 10.0 Å². The van der Waals surface area contributed by atoms with E-state index in [0.29, 0.717) is 23.3 Å². The molecule has 1 N–H and O–H groups in total. The molecule has 26 heavy (non-hydrogen) atoms. The molecule has 0 aliphatic carbocycles. The molecule has 6 heteroatoms. The number of nitrogens with one attached hydrogen (secondary N) is 1. The largest absolute Gasteiger partial charge is 0.419 e. The highest BCUT2D eigenvalue weighted by Crippen LogP contribution is 2.30. The van der Waals surface area contributed by atoms with Crippen molar-refractivity contribution in [2.45, 2.75) is 38.8 Å². The summed E-state index contributed by atoms with van der Waals surface area (Å²) in [7, 11) is 0. The van der Waals surface area contributed by atoms with E-state index in [1.165, 1.54) is 5.56 Å². The first kappa shape index (κ1) is 18.9. The Morgan fingerprint density at radius 3 is 2.04 bits per heavy atom. The van der Waals surface area contributed by atoms with Crippen molar-refractivity contribution in [2.24, 2.45) is 0 Å². The Morgan fingerprint density at radius 2 is 1.46 bits per heavy atom. The van der Waals surface area contributed by atoms with Gasteiger partial charge in [0.05, 0.1) is 6.54 Å². The normalized spacial score (nSPS) is 11.7. The van der Waals surface area contributed by atoms with E-state index in [0.717, 1.165) is 23.4 Å². The maximum atomic E-state index is 6.03. The summed E-state index contributed by atoms with van der Waals surface area (Å²) in [4.78, 5) is 0. The summed E-state index contributed by atoms with van der Waals surface area (Å²) < 4.78 is 5.80. The maximum Gasteiger partial charge on any atom is 0.247 e. The van der Waals surface area contributed by atoms with Crippen molar-refractivity contribution in [1.29, 1.82) is 0 Å². The minimum atomic E-state index is -0.167. The van der Waals surface area contributed by atoms with E-state index in [4.69, 9.17) is 27.6 Å². The maximum absolute atomic E-state index is 6.03. The van der Waals surface area contributed by atoms with Crippen molar-refractivity contribution in [3.63, 3.8) is 0 Å². The fraction of sp³-hybridized carbons (Fsp3) is 0.300. The average molecular weight is 390 g/mol. The number of aromatic nitrogens is 2. The minimum Gasteiger partial charge on any atom is -0.419 e. The summed E-state index contributed by atoms with van der Waals surface area (Å²) in [5.74, 6) is 1.04. The van der Waals surface area contributed by atoms with Gasteiger partial charge in [-0.1, -0.05) is 49.2 Å². The third-order valence-electron chi connectivity index (χ3n) is 4.74. The van der Waals surface area contributed by atoms with Gasteiger partial charge in [0.2, 0.25) is 11.8 Å². The van der Waals surface area contributed by atoms with E-state index in [1.807, 2.05) is 24.3 Å². The Labute approximate surface area is 163 Å². The van der Waals surface area contributed by atoms with Gasteiger partial charge in [0.1, 0.15) is 0 Å². The second-order valence-corrected chi connectivity index (χ2v) is 7.03. The van der Waals surface area contributed by atoms with E-state index in [9.17, 15) is 0 Å². The molecule has 0 fully saturated rings. The fourth-order valence-corrected chi connectivity index (χ4v) is 3.31. The Balaban J connectivity index is 1.75. The monoisotopic (exact) mass is 389 g/mol. The Hall–Kier alpha value is -1.88. The molecule has 0 amide bonds. The summed E-state index contributed by atoms with van der Waals surface area (Å²) in [6, 6.07) is 15.3. The molecule has 4 nitrogen and oxygen atoms in total. The number of nitrogens with zero attached hydrogens (tertiary/aromatic N) is 2. The fourth-order valence-electron chi connectivity index (χ4n) is 3.06. The SMILES string of the molecule is CCC(CC)(NCc1nnc(-c2ccc(Cl)cc2)o1)c1ccc(Cl)cc1. The van der Waals surface area contributed by atoms with Gasteiger partial charge in [-0.25, -0.2) is 0 Å². The van der Waals surface area contributed by atoms with Gasteiger partial charge >= 0.3 is 0 Å². The number of hydrogen-bond donors (Lipinski definition) is 1. The van der Waals surface area contributed by atoms with Crippen LogP contribution in [-0.2, 0) is 12.1 Å². The quantitative estimate of drug-likeness (QED) is 0.550. The van der Waals surface area contributed by atoms with Gasteiger partial charge in [0.15, 0.2) is 0 Å². The van der Waals surface area contributed by atoms with Crippen LogP contribution in [0.5, 0.6) is 0 Å². The van der Waals surface area contributed by atoms with E-state index in [2.05, 4.69) is 41.5 Å². The van der Waals surface area contributed by atoms with Crippen LogP contribution in [0.1, 0.15) is 38.1 Å². The molecule has 0 atom stereocenters. The summed E-state index contributed by atoms with van der Waals surface area (Å²) in [6.45, 7) is 4.82. The third-order valence-corrected chi connectivity index (χ3v) is 5.24. The van der Waals surface area contributed by atoms with E-state index in [1.54, 1.807) is 12.1 Å². The summed E-state index contributed by atoms with van der Waals surface area (Å²) in [5.41, 5.74) is 1.88. The lowest BCUT2D eigenvalue weighted by Gasteiger charge is -2.33. The first-order valence-electron chi connectivity index (χ1n) is 8.65. The van der Waals surface area contributed by atoms with Gasteiger partial charge in [-0.3, -0.25) is 5.32 Å². The molecule has 0 saturated heterocycles. The zero-order chi connectivity index (χ0) is 18.6. The highest BCUT2D eigenvalue weighted by molar-refractivity contribution is 6.30. The lowest BCUT2D eigenvalue weighted by Crippen LogP contribution is -2.41. The Morgan fingerprint density at radius 1 is 0.885 bits per heavy atom. The second kappa shape index (κ2) is 8.21. The zero-order valence-electron chi connectivity index (χ0n) is 14.8. The van der Waals surface area contributed by atoms with E-state index < -0.39 is 0 Å². The van der Waals surface area contributed by atoms with Gasteiger partial charge in [-0.05, 0) is 54.8 Å². The van der Waals surface area contributed by atoms with Crippen LogP contribution in [0, 0.1) is 0 Å². The molecular weight excluding hydrogens is 369 g/mol. The molecule has 3 rings (SSSR count). The van der Waals surface area contributed by atoms with Crippen LogP contribution < -0.4 is 5.32 Å². The minimum absolute atomic E-state index is 0.167. The predicted molar refractivity (Wildman–Crippen MR) is 105 cm³/mol. The number of hydrogen-bond acceptors (Lipinski definition) is 4. The Kier molecular flexibility index (Phi) is 5.97. The van der Waals surface area contributed by atoms with E-state index in [-0.39, 0.29) is 5.54 Å². The first-order valence-corrected chi connectivity index (χ1v) is 9.41. The van der Waals surface area contributed by atoms with Gasteiger partial charge < -0.3 is 4.42 Å². The van der Waals surface area contributed by atoms with Crippen LogP contribution >= 0.6 is 23.2 Å². The molecular formula is C20H21Cl2N3O. The lowest BCUT2D eigenvalue weighted by atomic mass is 9.84. The molecule has 2 aromatic carbocycles. The molecule has 0 aliphatic heterocycles. The van der Waals surface area contributed by atoms with Gasteiger partial charge in [0.25, 0.3) is 0 Å². The summed E-state index contributed by atoms with van der Waals surface area (Å²) in [5, 5.41) is 13.3. The number of halogens is 2. The van der Waals surface area contributed by atoms with Gasteiger partial charge in [-0.15, -0.1) is 10.2 Å². The molecule has 0 unspecified atom stereocenters. The smallest absolute Gasteiger partial charge is 0.247 e. The molecule has 0 spiro atoms. The van der Waals surface area contributed by atoms with Crippen LogP contribution in [0.25, 0.3) is 11.5 Å². The highest BCUT2D eigenvalue weighted by atomic mass is 35.5. The molecule has 136 valence electrons. The standard InChI is InChI=1S/C20H21Cl2N3O/c1-3-20(4-2,15-7-11-17(22)12-8-15)23-13-18-24-25-19(26-18)14-5-9-16(21)10-6-14/h5-12,23H,3-4,13H2,1-2H3. The molecule has 0 aliphatic rings. The molecule has 0 bridgehead atoms. The number of rotatable bonds is 7. The van der Waals surface area contributed by atoms with Crippen molar-refractivity contribution in [3.05, 3.63) is 70.0 Å². The zero-order valence-corrected chi connectivity index (χ0v) is 16.3. The van der Waals surface area contributed by atoms with Gasteiger partial charge in [-0.2, -0.15) is 0 Å². The molecule has 1 heterocycles. The molecule has 0 saturated carbocycles. The van der Waals surface area contributed by atoms with E-state index >= 15 is 0 Å². The molecule has 3 aromatic rings. The summed E-state index contributed by atoms with van der Waals surface area (Å²) >= 11 is 11.9. The van der Waals surface area contributed by atoms with Crippen LogP contribution in [0.15, 0.2) is 52.9 Å². The van der Waals surface area contributed by atoms with Crippen molar-refractivity contribution >= 4 is 23.2 Å². The topological polar surface area (TPSA) is 51.0 Å². The first-order chi connectivity index (χ1) is 12.6. The molecule has 1 aromatic heterocycles. The predicted octanol–water partition coefficient (Wildman–Crippen LogP) is 5.85. The average Bonchev–Trinajstić information content (AvgIpc) is 3.14. The van der Waals surface area contributed by atoms with Crippen molar-refractivity contribution in [3.8, 4) is 11.5 Å². The van der Waals surface area contributed by atoms with Crippen molar-refractivity contribution in [1.82, 2.24) is 15.5 Å². The van der Waals surface area contributed by atoms with Crippen LogP contribution in [0.3, 0.4) is 0 Å². The van der Waals surface area contributed by atoms with Crippen molar-refractivity contribution in [2.75, 3.05) is 0 Å². The second-order valence-electron chi connectivity index (χ2n) is 6.16.